The summed E-state index contributed by atoms with van der Waals surface area (Å²) in [6, 6.07) is 6.48. The Bertz CT molecular complexity index is 425. The van der Waals surface area contributed by atoms with E-state index in [4.69, 9.17) is 17.3 Å². The van der Waals surface area contributed by atoms with Gasteiger partial charge in [-0.15, -0.1) is 0 Å². The standard InChI is InChI=1S/C15H22BrClN2/c1-2-8-19-9-4-3-5-14(18)15(19)12-10-11(16)6-7-13(12)17/h6-7,10,14-15H,2-5,8-9,18H2,1H3. The molecule has 1 aromatic rings. The molecule has 0 saturated carbocycles. The molecular weight excluding hydrogens is 324 g/mol. The highest BCUT2D eigenvalue weighted by atomic mass is 79.9. The van der Waals surface area contributed by atoms with Gasteiger partial charge in [0.15, 0.2) is 0 Å². The SMILES string of the molecule is CCCN1CCCCC(N)C1c1cc(Br)ccc1Cl. The Balaban J connectivity index is 2.36. The quantitative estimate of drug-likeness (QED) is 0.881. The predicted octanol–water partition coefficient (Wildman–Crippen LogP) is 4.37. The van der Waals surface area contributed by atoms with E-state index in [0.717, 1.165) is 35.4 Å². The number of likely N-dealkylation sites (tertiary alicyclic amines) is 1. The van der Waals surface area contributed by atoms with Gasteiger partial charge in [0.1, 0.15) is 0 Å². The first-order chi connectivity index (χ1) is 9.13. The molecule has 1 aliphatic heterocycles. The lowest BCUT2D eigenvalue weighted by Crippen LogP contribution is -2.40. The molecule has 2 N–H and O–H groups in total. The zero-order valence-corrected chi connectivity index (χ0v) is 13.8. The van der Waals surface area contributed by atoms with Gasteiger partial charge in [-0.05, 0) is 56.1 Å². The van der Waals surface area contributed by atoms with Crippen molar-refractivity contribution < 1.29 is 0 Å². The van der Waals surface area contributed by atoms with Gasteiger partial charge in [-0.1, -0.05) is 40.9 Å². The van der Waals surface area contributed by atoms with Crippen molar-refractivity contribution in [1.82, 2.24) is 4.90 Å². The van der Waals surface area contributed by atoms with Gasteiger partial charge in [-0.2, -0.15) is 0 Å². The van der Waals surface area contributed by atoms with Gasteiger partial charge < -0.3 is 5.73 Å². The van der Waals surface area contributed by atoms with Gasteiger partial charge >= 0.3 is 0 Å². The van der Waals surface area contributed by atoms with Crippen LogP contribution in [0.1, 0.15) is 44.2 Å². The van der Waals surface area contributed by atoms with Crippen LogP contribution in [-0.2, 0) is 0 Å². The van der Waals surface area contributed by atoms with Crippen molar-refractivity contribution in [2.24, 2.45) is 5.73 Å². The lowest BCUT2D eigenvalue weighted by molar-refractivity contribution is 0.186. The third kappa shape index (κ3) is 3.72. The highest BCUT2D eigenvalue weighted by Crippen LogP contribution is 2.35. The maximum Gasteiger partial charge on any atom is 0.0514 e. The molecule has 1 fully saturated rings. The van der Waals surface area contributed by atoms with Crippen LogP contribution in [-0.4, -0.2) is 24.0 Å². The third-order valence-corrected chi connectivity index (χ3v) is 4.66. The van der Waals surface area contributed by atoms with Crippen LogP contribution in [0.2, 0.25) is 5.02 Å². The van der Waals surface area contributed by atoms with Gasteiger partial charge in [0.2, 0.25) is 0 Å². The molecule has 1 aliphatic rings. The molecule has 2 atom stereocenters. The van der Waals surface area contributed by atoms with Gasteiger partial charge in [-0.25, -0.2) is 0 Å². The molecule has 0 aliphatic carbocycles. The Morgan fingerprint density at radius 1 is 1.42 bits per heavy atom. The second-order valence-electron chi connectivity index (χ2n) is 5.31. The number of nitrogens with zero attached hydrogens (tertiary/aromatic N) is 1. The summed E-state index contributed by atoms with van der Waals surface area (Å²) in [6.45, 7) is 4.42. The fourth-order valence-corrected chi connectivity index (χ4v) is 3.58. The molecule has 1 saturated heterocycles. The average molecular weight is 346 g/mol. The Kier molecular flexibility index (Phi) is 5.70. The number of halogens is 2. The van der Waals surface area contributed by atoms with Gasteiger partial charge in [0.25, 0.3) is 0 Å². The van der Waals surface area contributed by atoms with E-state index in [2.05, 4.69) is 33.8 Å². The molecule has 106 valence electrons. The lowest BCUT2D eigenvalue weighted by atomic mass is 9.96. The topological polar surface area (TPSA) is 29.3 Å². The summed E-state index contributed by atoms with van der Waals surface area (Å²) >= 11 is 9.95. The van der Waals surface area contributed by atoms with Crippen LogP contribution in [0.4, 0.5) is 0 Å². The monoisotopic (exact) mass is 344 g/mol. The highest BCUT2D eigenvalue weighted by Gasteiger charge is 2.29. The second-order valence-corrected chi connectivity index (χ2v) is 6.63. The Labute approximate surface area is 129 Å². The fraction of sp³-hybridized carbons (Fsp3) is 0.600. The van der Waals surface area contributed by atoms with Crippen LogP contribution in [0.15, 0.2) is 22.7 Å². The summed E-state index contributed by atoms with van der Waals surface area (Å²) in [5, 5.41) is 0.826. The number of hydrogen-bond acceptors (Lipinski definition) is 2. The van der Waals surface area contributed by atoms with E-state index in [1.54, 1.807) is 0 Å². The average Bonchev–Trinajstić information content (AvgIpc) is 2.55. The predicted molar refractivity (Wildman–Crippen MR) is 85.6 cm³/mol. The first-order valence-corrected chi connectivity index (χ1v) is 8.25. The van der Waals surface area contributed by atoms with Crippen LogP contribution in [0, 0.1) is 0 Å². The smallest absolute Gasteiger partial charge is 0.0514 e. The summed E-state index contributed by atoms with van der Waals surface area (Å²) < 4.78 is 1.07. The molecule has 1 heterocycles. The molecule has 0 amide bonds. The van der Waals surface area contributed by atoms with Crippen LogP contribution in [0.5, 0.6) is 0 Å². The van der Waals surface area contributed by atoms with Crippen molar-refractivity contribution in [3.63, 3.8) is 0 Å². The van der Waals surface area contributed by atoms with E-state index in [-0.39, 0.29) is 12.1 Å². The maximum atomic E-state index is 6.44. The highest BCUT2D eigenvalue weighted by molar-refractivity contribution is 9.10. The fourth-order valence-electron chi connectivity index (χ4n) is 2.97. The van der Waals surface area contributed by atoms with Crippen molar-refractivity contribution in [3.8, 4) is 0 Å². The third-order valence-electron chi connectivity index (χ3n) is 3.82. The van der Waals surface area contributed by atoms with Crippen LogP contribution in [0.25, 0.3) is 0 Å². The molecule has 0 spiro atoms. The Hall–Kier alpha value is -0.0900. The molecule has 0 aromatic heterocycles. The van der Waals surface area contributed by atoms with Crippen molar-refractivity contribution in [3.05, 3.63) is 33.3 Å². The molecule has 0 bridgehead atoms. The van der Waals surface area contributed by atoms with Crippen LogP contribution >= 0.6 is 27.5 Å². The zero-order valence-electron chi connectivity index (χ0n) is 11.4. The van der Waals surface area contributed by atoms with E-state index in [9.17, 15) is 0 Å². The molecule has 2 nitrogen and oxygen atoms in total. The summed E-state index contributed by atoms with van der Waals surface area (Å²) in [4.78, 5) is 2.51. The number of rotatable bonds is 3. The van der Waals surface area contributed by atoms with Gasteiger partial charge in [-0.3, -0.25) is 4.90 Å². The number of benzene rings is 1. The maximum absolute atomic E-state index is 6.44. The minimum Gasteiger partial charge on any atom is -0.326 e. The van der Waals surface area contributed by atoms with E-state index in [1.165, 1.54) is 18.4 Å². The first kappa shape index (κ1) is 15.3. The second kappa shape index (κ2) is 7.07. The van der Waals surface area contributed by atoms with E-state index in [1.807, 2.05) is 12.1 Å². The minimum atomic E-state index is 0.167. The van der Waals surface area contributed by atoms with E-state index >= 15 is 0 Å². The molecule has 2 rings (SSSR count). The summed E-state index contributed by atoms with van der Waals surface area (Å²) in [7, 11) is 0. The van der Waals surface area contributed by atoms with Gasteiger partial charge in [0, 0.05) is 15.5 Å². The van der Waals surface area contributed by atoms with Crippen LogP contribution < -0.4 is 5.73 Å². The first-order valence-electron chi connectivity index (χ1n) is 7.08. The van der Waals surface area contributed by atoms with Gasteiger partial charge in [0.05, 0.1) is 6.04 Å². The molecule has 19 heavy (non-hydrogen) atoms. The normalized spacial score (nSPS) is 25.3. The van der Waals surface area contributed by atoms with Crippen molar-refractivity contribution in [2.75, 3.05) is 13.1 Å². The largest absolute Gasteiger partial charge is 0.326 e. The van der Waals surface area contributed by atoms with Crippen LogP contribution in [0.3, 0.4) is 0 Å². The Morgan fingerprint density at radius 2 is 2.21 bits per heavy atom. The molecule has 0 radical (unpaired) electrons. The molecule has 2 unspecified atom stereocenters. The lowest BCUT2D eigenvalue weighted by Gasteiger charge is -2.34. The summed E-state index contributed by atoms with van der Waals surface area (Å²) in [6.07, 6.45) is 4.67. The van der Waals surface area contributed by atoms with Crippen molar-refractivity contribution in [2.45, 2.75) is 44.7 Å². The number of nitrogens with two attached hydrogens (primary N) is 1. The summed E-state index contributed by atoms with van der Waals surface area (Å²) in [5.74, 6) is 0. The van der Waals surface area contributed by atoms with Crippen molar-refractivity contribution in [1.29, 1.82) is 0 Å². The molecular formula is C15H22BrClN2. The zero-order chi connectivity index (χ0) is 13.8. The van der Waals surface area contributed by atoms with E-state index < -0.39 is 0 Å². The molecule has 4 heteroatoms. The van der Waals surface area contributed by atoms with E-state index in [0.29, 0.717) is 0 Å². The minimum absolute atomic E-state index is 0.167. The van der Waals surface area contributed by atoms with Crippen molar-refractivity contribution >= 4 is 27.5 Å². The molecule has 1 aromatic carbocycles. The number of hydrogen-bond donors (Lipinski definition) is 1. The Morgan fingerprint density at radius 3 is 2.95 bits per heavy atom. The summed E-state index contributed by atoms with van der Waals surface area (Å²) in [5.41, 5.74) is 7.60.